The van der Waals surface area contributed by atoms with Crippen LogP contribution in [0, 0.1) is 5.39 Å². The van der Waals surface area contributed by atoms with E-state index in [9.17, 15) is 0 Å². The van der Waals surface area contributed by atoms with E-state index in [0.29, 0.717) is 0 Å². The molecule has 1 aromatic carbocycles. The highest BCUT2D eigenvalue weighted by atomic mass is 35.5. The summed E-state index contributed by atoms with van der Waals surface area (Å²) in [4.78, 5) is 2.82. The van der Waals surface area contributed by atoms with E-state index in [-0.39, 0.29) is 26.2 Å². The number of diazo groups is 1. The number of hydrogen-bond acceptors (Lipinski definition) is 2. The zero-order chi connectivity index (χ0) is 8.43. The highest BCUT2D eigenvalue weighted by Gasteiger charge is 2.15. The largest absolute Gasteiger partial charge is 1.00 e. The maximum atomic E-state index is 8.99. The van der Waals surface area contributed by atoms with Gasteiger partial charge in [0.25, 0.3) is 0 Å². The summed E-state index contributed by atoms with van der Waals surface area (Å²) in [5.41, 5.74) is 0.0913. The zero-order valence-corrected chi connectivity index (χ0v) is 7.14. The summed E-state index contributed by atoms with van der Waals surface area (Å²) in [6.45, 7) is 0. The van der Waals surface area contributed by atoms with Crippen LogP contribution in [-0.4, -0.2) is 5.11 Å². The minimum atomic E-state index is -0.163. The van der Waals surface area contributed by atoms with Crippen LogP contribution >= 0.6 is 23.2 Å². The highest BCUT2D eigenvalue weighted by Crippen LogP contribution is 2.34. The van der Waals surface area contributed by atoms with Crippen molar-refractivity contribution in [3.8, 4) is 5.75 Å². The Morgan fingerprint density at radius 1 is 1.25 bits per heavy atom. The van der Waals surface area contributed by atoms with Gasteiger partial charge in [-0.05, 0) is 6.07 Å². The Kier molecular flexibility index (Phi) is 3.74. The minimum absolute atomic E-state index is 0. The van der Waals surface area contributed by atoms with E-state index in [1.54, 1.807) is 0 Å². The summed E-state index contributed by atoms with van der Waals surface area (Å²) in [5.74, 6) is -0.163. The third kappa shape index (κ3) is 1.97. The average molecular weight is 209 g/mol. The van der Waals surface area contributed by atoms with E-state index in [1.807, 2.05) is 0 Å². The number of nitrogens with zero attached hydrogens (tertiary/aromatic N) is 2. The van der Waals surface area contributed by atoms with Crippen LogP contribution in [0.15, 0.2) is 12.1 Å². The van der Waals surface area contributed by atoms with Gasteiger partial charge in [0.2, 0.25) is 5.39 Å². The van der Waals surface area contributed by atoms with Crippen LogP contribution in [-0.2, 0) is 0 Å². The summed E-state index contributed by atoms with van der Waals surface area (Å²) in [7, 11) is 0. The smallest absolute Gasteiger partial charge is 0.407 e. The van der Waals surface area contributed by atoms with Crippen molar-refractivity contribution >= 4 is 28.9 Å². The highest BCUT2D eigenvalue weighted by molar-refractivity contribution is 6.37. The number of rotatable bonds is 0. The number of hydrogen-bond donors (Lipinski definition) is 1. The predicted molar refractivity (Wildman–Crippen MR) is 42.9 cm³/mol. The topological polar surface area (TPSA) is 48.4 Å². The van der Waals surface area contributed by atoms with Crippen LogP contribution in [0.25, 0.3) is 4.98 Å². The van der Waals surface area contributed by atoms with E-state index >= 15 is 0 Å². The SMILES string of the molecule is N#[N+]c1cc(O)c(Cl)cc1Cl.[F-]. The molecule has 0 aliphatic heterocycles. The van der Waals surface area contributed by atoms with Crippen molar-refractivity contribution in [3.63, 3.8) is 0 Å². The van der Waals surface area contributed by atoms with Crippen molar-refractivity contribution in [2.24, 2.45) is 0 Å². The molecule has 0 bridgehead atoms. The van der Waals surface area contributed by atoms with Crippen molar-refractivity contribution in [3.05, 3.63) is 27.2 Å². The minimum Gasteiger partial charge on any atom is -1.00 e. The van der Waals surface area contributed by atoms with Crippen LogP contribution in [0.3, 0.4) is 0 Å². The second-order valence-electron chi connectivity index (χ2n) is 1.86. The van der Waals surface area contributed by atoms with Crippen LogP contribution in [0.5, 0.6) is 5.75 Å². The molecule has 0 saturated carbocycles. The van der Waals surface area contributed by atoms with E-state index in [0.717, 1.165) is 0 Å². The van der Waals surface area contributed by atoms with Gasteiger partial charge in [-0.25, -0.2) is 0 Å². The predicted octanol–water partition coefficient (Wildman–Crippen LogP) is 0.188. The number of aromatic hydroxyl groups is 1. The molecule has 6 heteroatoms. The Balaban J connectivity index is 0.00000121. The van der Waals surface area contributed by atoms with Crippen LogP contribution in [0.4, 0.5) is 5.69 Å². The molecule has 0 fully saturated rings. The molecule has 1 N–H and O–H groups in total. The zero-order valence-electron chi connectivity index (χ0n) is 5.63. The second-order valence-corrected chi connectivity index (χ2v) is 2.67. The molecular weight excluding hydrogens is 206 g/mol. The van der Waals surface area contributed by atoms with Gasteiger partial charge in [-0.3, -0.25) is 0 Å². The second kappa shape index (κ2) is 4.10. The molecule has 1 aromatic rings. The fourth-order valence-electron chi connectivity index (χ4n) is 0.603. The summed E-state index contributed by atoms with van der Waals surface area (Å²) in [6, 6.07) is 2.47. The lowest BCUT2D eigenvalue weighted by Gasteiger charge is -1.91. The van der Waals surface area contributed by atoms with Gasteiger partial charge in [-0.15, -0.1) is 0 Å². The molecule has 64 valence electrons. The summed E-state index contributed by atoms with van der Waals surface area (Å²) >= 11 is 11.0. The maximum Gasteiger partial charge on any atom is 0.407 e. The molecule has 0 aliphatic carbocycles. The van der Waals surface area contributed by atoms with Gasteiger partial charge in [0, 0.05) is 0 Å². The first-order valence-electron chi connectivity index (χ1n) is 2.68. The Morgan fingerprint density at radius 3 is 2.33 bits per heavy atom. The number of phenolic OH excluding ortho intramolecular Hbond substituents is 1. The van der Waals surface area contributed by atoms with Crippen molar-refractivity contribution in [2.75, 3.05) is 0 Å². The Hall–Kier alpha value is -1.05. The molecule has 0 spiro atoms. The molecule has 0 saturated heterocycles. The third-order valence-corrected chi connectivity index (χ3v) is 1.73. The first-order chi connectivity index (χ1) is 5.15. The molecule has 0 radical (unpaired) electrons. The van der Waals surface area contributed by atoms with Gasteiger partial charge < -0.3 is 9.81 Å². The Labute approximate surface area is 77.5 Å². The maximum absolute atomic E-state index is 8.99. The number of phenols is 1. The van der Waals surface area contributed by atoms with Crippen molar-refractivity contribution in [2.45, 2.75) is 0 Å². The van der Waals surface area contributed by atoms with Crippen LogP contribution < -0.4 is 4.70 Å². The van der Waals surface area contributed by atoms with Crippen LogP contribution in [0.1, 0.15) is 0 Å². The van der Waals surface area contributed by atoms with Gasteiger partial charge in [0.05, 0.1) is 11.1 Å². The summed E-state index contributed by atoms with van der Waals surface area (Å²) < 4.78 is 0. The van der Waals surface area contributed by atoms with Gasteiger partial charge >= 0.3 is 5.69 Å². The fraction of sp³-hybridized carbons (Fsp3) is 0. The molecule has 0 aliphatic rings. The van der Waals surface area contributed by atoms with E-state index in [1.165, 1.54) is 12.1 Å². The average Bonchev–Trinajstić information content (AvgIpc) is 1.97. The monoisotopic (exact) mass is 208 g/mol. The summed E-state index contributed by atoms with van der Waals surface area (Å²) in [6.07, 6.45) is 0. The molecular formula is C6H3Cl2FN2O. The Bertz CT molecular complexity index is 337. The molecule has 0 amide bonds. The molecule has 1 rings (SSSR count). The van der Waals surface area contributed by atoms with E-state index in [2.05, 4.69) is 4.98 Å². The molecule has 0 aromatic heterocycles. The van der Waals surface area contributed by atoms with Crippen LogP contribution in [0.2, 0.25) is 10.0 Å². The third-order valence-electron chi connectivity index (χ3n) is 1.12. The molecule has 0 atom stereocenters. The fourth-order valence-corrected chi connectivity index (χ4v) is 1.02. The first kappa shape index (κ1) is 10.9. The van der Waals surface area contributed by atoms with Crippen molar-refractivity contribution in [1.29, 1.82) is 5.39 Å². The lowest BCUT2D eigenvalue weighted by molar-refractivity contribution is -0.00000330. The van der Waals surface area contributed by atoms with Crippen molar-refractivity contribution < 1.29 is 9.81 Å². The normalized spacial score (nSPS) is 8.42. The van der Waals surface area contributed by atoms with E-state index in [4.69, 9.17) is 33.7 Å². The first-order valence-corrected chi connectivity index (χ1v) is 3.44. The van der Waals surface area contributed by atoms with Gasteiger partial charge in [-0.2, -0.15) is 0 Å². The lowest BCUT2D eigenvalue weighted by atomic mass is 10.3. The number of benzene rings is 1. The Morgan fingerprint density at radius 2 is 1.83 bits per heavy atom. The van der Waals surface area contributed by atoms with Gasteiger partial charge in [0.15, 0.2) is 4.98 Å². The standard InChI is InChI=1S/C6H2Cl2N2O.FH/c7-3-1-4(8)6(11)2-5(3)10-9;/h1-2H;1H. The quantitative estimate of drug-likeness (QED) is 0.620. The number of halogens is 3. The molecule has 0 unspecified atom stereocenters. The van der Waals surface area contributed by atoms with Crippen molar-refractivity contribution in [1.82, 2.24) is 0 Å². The van der Waals surface area contributed by atoms with E-state index < -0.39 is 0 Å². The molecule has 0 heterocycles. The van der Waals surface area contributed by atoms with Gasteiger partial charge in [-0.1, -0.05) is 23.2 Å². The summed E-state index contributed by atoms with van der Waals surface area (Å²) in [5, 5.41) is 17.6. The lowest BCUT2D eigenvalue weighted by Crippen LogP contribution is -3.00. The molecule has 12 heavy (non-hydrogen) atoms. The molecule has 3 nitrogen and oxygen atoms in total. The van der Waals surface area contributed by atoms with Gasteiger partial charge in [0.1, 0.15) is 10.8 Å².